The molecule has 0 saturated heterocycles. The molecule has 0 atom stereocenters. The molecular formula is C22H17N5O2S3. The molecule has 0 aliphatic heterocycles. The molecule has 7 nitrogen and oxygen atoms in total. The van der Waals surface area contributed by atoms with Crippen molar-refractivity contribution in [3.05, 3.63) is 87.8 Å². The Morgan fingerprint density at radius 1 is 1.06 bits per heavy atom. The Labute approximate surface area is 195 Å². The predicted octanol–water partition coefficient (Wildman–Crippen LogP) is 5.74. The summed E-state index contributed by atoms with van der Waals surface area (Å²) in [6.45, 7) is 1.90. The summed E-state index contributed by atoms with van der Waals surface area (Å²) >= 11 is 4.44. The number of rotatable bonds is 7. The molecule has 0 amide bonds. The van der Waals surface area contributed by atoms with Gasteiger partial charge in [-0.1, -0.05) is 41.3 Å². The maximum absolute atomic E-state index is 12.3. The highest BCUT2D eigenvalue weighted by Crippen LogP contribution is 2.30. The summed E-state index contributed by atoms with van der Waals surface area (Å²) < 4.78 is 8.25. The topological polar surface area (TPSA) is 81.4 Å². The van der Waals surface area contributed by atoms with Crippen molar-refractivity contribution in [3.63, 3.8) is 0 Å². The highest BCUT2D eigenvalue weighted by molar-refractivity contribution is 8.00. The molecular weight excluding hydrogens is 462 g/mol. The predicted molar refractivity (Wildman–Crippen MR) is 130 cm³/mol. The van der Waals surface area contributed by atoms with Crippen molar-refractivity contribution >= 4 is 50.2 Å². The van der Waals surface area contributed by atoms with Crippen LogP contribution in [-0.2, 0) is 5.75 Å². The maximum Gasteiger partial charge on any atom is 0.258 e. The Morgan fingerprint density at radius 2 is 1.84 bits per heavy atom. The maximum atomic E-state index is 12.3. The van der Waals surface area contributed by atoms with E-state index in [-0.39, 0.29) is 5.56 Å². The zero-order valence-corrected chi connectivity index (χ0v) is 19.3. The van der Waals surface area contributed by atoms with E-state index < -0.39 is 0 Å². The third-order valence-electron chi connectivity index (χ3n) is 4.46. The second-order valence-corrected chi connectivity index (χ2v) is 9.84. The number of nitrogens with one attached hydrogen (secondary N) is 1. The number of anilines is 2. The SMILES string of the molecule is Cc1csc2nc(CSc3nnc(Nc4ccc(Oc5ccccc5)cc4)s3)cc(=O)n12. The van der Waals surface area contributed by atoms with Gasteiger partial charge in [-0.05, 0) is 43.3 Å². The summed E-state index contributed by atoms with van der Waals surface area (Å²) in [5.74, 6) is 2.11. The number of fused-ring (bicyclic) bond motifs is 1. The van der Waals surface area contributed by atoms with Crippen molar-refractivity contribution in [2.45, 2.75) is 17.0 Å². The van der Waals surface area contributed by atoms with E-state index >= 15 is 0 Å². The van der Waals surface area contributed by atoms with Gasteiger partial charge in [-0.25, -0.2) is 4.98 Å². The molecule has 0 radical (unpaired) electrons. The van der Waals surface area contributed by atoms with Crippen molar-refractivity contribution in [2.24, 2.45) is 0 Å². The lowest BCUT2D eigenvalue weighted by Gasteiger charge is -2.06. The van der Waals surface area contributed by atoms with E-state index in [0.717, 1.165) is 32.9 Å². The fourth-order valence-electron chi connectivity index (χ4n) is 2.98. The summed E-state index contributed by atoms with van der Waals surface area (Å²) in [6.07, 6.45) is 0. The number of hydrogen-bond acceptors (Lipinski definition) is 9. The molecule has 3 heterocycles. The van der Waals surface area contributed by atoms with Crippen LogP contribution >= 0.6 is 34.4 Å². The summed E-state index contributed by atoms with van der Waals surface area (Å²) in [4.78, 5) is 17.6. The van der Waals surface area contributed by atoms with E-state index in [4.69, 9.17) is 4.74 Å². The van der Waals surface area contributed by atoms with Gasteiger partial charge in [-0.2, -0.15) is 0 Å². The van der Waals surface area contributed by atoms with Crippen LogP contribution in [0.1, 0.15) is 11.4 Å². The molecule has 0 spiro atoms. The van der Waals surface area contributed by atoms with Crippen molar-refractivity contribution in [1.29, 1.82) is 0 Å². The van der Waals surface area contributed by atoms with Crippen molar-refractivity contribution in [2.75, 3.05) is 5.32 Å². The smallest absolute Gasteiger partial charge is 0.258 e. The molecule has 0 saturated carbocycles. The van der Waals surface area contributed by atoms with Crippen molar-refractivity contribution in [1.82, 2.24) is 19.6 Å². The number of para-hydroxylation sites is 1. The van der Waals surface area contributed by atoms with E-state index in [1.807, 2.05) is 66.9 Å². The molecule has 5 rings (SSSR count). The highest BCUT2D eigenvalue weighted by atomic mass is 32.2. The monoisotopic (exact) mass is 479 g/mol. The Bertz CT molecular complexity index is 1410. The fourth-order valence-corrected chi connectivity index (χ4v) is 5.54. The number of thioether (sulfide) groups is 1. The quantitative estimate of drug-likeness (QED) is 0.298. The number of nitrogens with zero attached hydrogens (tertiary/aromatic N) is 4. The molecule has 1 N–H and O–H groups in total. The standard InChI is InChI=1S/C22H17N5O2S3/c1-14-12-30-21-24-16(11-19(28)27(14)21)13-31-22-26-25-20(32-22)23-15-7-9-18(10-8-15)29-17-5-3-2-4-6-17/h2-12H,13H2,1H3,(H,23,25). The summed E-state index contributed by atoms with van der Waals surface area (Å²) in [5.41, 5.74) is 2.48. The van der Waals surface area contributed by atoms with E-state index in [2.05, 4.69) is 20.5 Å². The van der Waals surface area contributed by atoms with Crippen LogP contribution in [0.4, 0.5) is 10.8 Å². The first-order valence-electron chi connectivity index (χ1n) is 9.67. The Balaban J connectivity index is 1.20. The van der Waals surface area contributed by atoms with Crippen LogP contribution in [0.25, 0.3) is 4.96 Å². The minimum absolute atomic E-state index is 0.0522. The van der Waals surface area contributed by atoms with E-state index in [0.29, 0.717) is 15.8 Å². The number of aryl methyl sites for hydroxylation is 1. The molecule has 32 heavy (non-hydrogen) atoms. The molecule has 0 aliphatic carbocycles. The van der Waals surface area contributed by atoms with Crippen LogP contribution in [0.3, 0.4) is 0 Å². The Hall–Kier alpha value is -3.21. The zero-order valence-electron chi connectivity index (χ0n) is 16.9. The van der Waals surface area contributed by atoms with Crippen molar-refractivity contribution in [3.8, 4) is 11.5 Å². The molecule has 5 aromatic rings. The van der Waals surface area contributed by atoms with Crippen molar-refractivity contribution < 1.29 is 4.74 Å². The van der Waals surface area contributed by atoms with Gasteiger partial charge in [0, 0.05) is 28.6 Å². The zero-order chi connectivity index (χ0) is 21.9. The molecule has 0 fully saturated rings. The minimum Gasteiger partial charge on any atom is -0.457 e. The molecule has 10 heteroatoms. The van der Waals surface area contributed by atoms with Crippen LogP contribution in [0.5, 0.6) is 11.5 Å². The van der Waals surface area contributed by atoms with E-state index in [1.165, 1.54) is 34.4 Å². The average molecular weight is 480 g/mol. The number of thiazole rings is 1. The van der Waals surface area contributed by atoms with Crippen LogP contribution < -0.4 is 15.6 Å². The van der Waals surface area contributed by atoms with Gasteiger partial charge in [0.05, 0.1) is 5.69 Å². The Morgan fingerprint density at radius 3 is 2.66 bits per heavy atom. The normalized spacial score (nSPS) is 11.0. The minimum atomic E-state index is -0.0522. The summed E-state index contributed by atoms with van der Waals surface area (Å²) in [6, 6.07) is 18.9. The Kier molecular flexibility index (Phi) is 5.89. The lowest BCUT2D eigenvalue weighted by molar-refractivity contribution is 0.483. The molecule has 160 valence electrons. The number of hydrogen-bond donors (Lipinski definition) is 1. The van der Waals surface area contributed by atoms with Gasteiger partial charge in [-0.15, -0.1) is 21.5 Å². The molecule has 0 unspecified atom stereocenters. The number of ether oxygens (including phenoxy) is 1. The van der Waals surface area contributed by atoms with Gasteiger partial charge in [-0.3, -0.25) is 9.20 Å². The molecule has 3 aromatic heterocycles. The van der Waals surface area contributed by atoms with Crippen LogP contribution in [0, 0.1) is 6.92 Å². The van der Waals surface area contributed by atoms with Gasteiger partial charge in [0.25, 0.3) is 5.56 Å². The largest absolute Gasteiger partial charge is 0.457 e. The second-order valence-electron chi connectivity index (χ2n) is 6.81. The molecule has 0 aliphatic rings. The first-order chi connectivity index (χ1) is 15.6. The van der Waals surface area contributed by atoms with Crippen LogP contribution in [0.15, 0.2) is 75.2 Å². The van der Waals surface area contributed by atoms with Gasteiger partial charge >= 0.3 is 0 Å². The fraction of sp³-hybridized carbons (Fsp3) is 0.0909. The third kappa shape index (κ3) is 4.67. The van der Waals surface area contributed by atoms with Gasteiger partial charge in [0.2, 0.25) is 5.13 Å². The summed E-state index contributed by atoms with van der Waals surface area (Å²) in [5, 5.41) is 14.3. The lowest BCUT2D eigenvalue weighted by Crippen LogP contribution is -2.14. The third-order valence-corrected chi connectivity index (χ3v) is 7.41. The average Bonchev–Trinajstić information content (AvgIpc) is 3.41. The van der Waals surface area contributed by atoms with Gasteiger partial charge in [0.15, 0.2) is 9.30 Å². The first-order valence-corrected chi connectivity index (χ1v) is 12.4. The summed E-state index contributed by atoms with van der Waals surface area (Å²) in [7, 11) is 0. The molecule has 2 aromatic carbocycles. The second kappa shape index (κ2) is 9.11. The first kappa shape index (κ1) is 20.7. The van der Waals surface area contributed by atoms with E-state index in [1.54, 1.807) is 10.5 Å². The molecule has 0 bridgehead atoms. The number of benzene rings is 2. The van der Waals surface area contributed by atoms with Gasteiger partial charge in [0.1, 0.15) is 11.5 Å². The van der Waals surface area contributed by atoms with E-state index in [9.17, 15) is 4.79 Å². The van der Waals surface area contributed by atoms with Gasteiger partial charge < -0.3 is 10.1 Å². The number of aromatic nitrogens is 4. The highest BCUT2D eigenvalue weighted by Gasteiger charge is 2.10. The van der Waals surface area contributed by atoms with Crippen LogP contribution in [-0.4, -0.2) is 19.6 Å². The lowest BCUT2D eigenvalue weighted by atomic mass is 10.3. The van der Waals surface area contributed by atoms with Crippen LogP contribution in [0.2, 0.25) is 0 Å².